The molecule has 0 saturated heterocycles. The highest BCUT2D eigenvalue weighted by atomic mass is 35.5. The number of hydrogen-bond acceptors (Lipinski definition) is 6. The molecule has 0 fully saturated rings. The minimum absolute atomic E-state index is 0.0127. The van der Waals surface area contributed by atoms with E-state index in [9.17, 15) is 18.0 Å². The van der Waals surface area contributed by atoms with E-state index in [0.717, 1.165) is 15.4 Å². The molecule has 0 radical (unpaired) electrons. The van der Waals surface area contributed by atoms with Crippen molar-refractivity contribution in [2.24, 2.45) is 0 Å². The largest absolute Gasteiger partial charge is 0.497 e. The molecule has 43 heavy (non-hydrogen) atoms. The van der Waals surface area contributed by atoms with Gasteiger partial charge in [-0.3, -0.25) is 13.9 Å². The third kappa shape index (κ3) is 8.42. The van der Waals surface area contributed by atoms with Gasteiger partial charge in [0.25, 0.3) is 10.0 Å². The van der Waals surface area contributed by atoms with Gasteiger partial charge in [0.1, 0.15) is 24.1 Å². The zero-order valence-electron chi connectivity index (χ0n) is 25.5. The van der Waals surface area contributed by atoms with Crippen LogP contribution in [0.3, 0.4) is 0 Å². The maximum Gasteiger partial charge on any atom is 0.264 e. The Morgan fingerprint density at radius 2 is 1.65 bits per heavy atom. The fourth-order valence-corrected chi connectivity index (χ4v) is 6.16. The van der Waals surface area contributed by atoms with Crippen molar-refractivity contribution >= 4 is 39.1 Å². The summed E-state index contributed by atoms with van der Waals surface area (Å²) in [5, 5.41) is 3.15. The van der Waals surface area contributed by atoms with E-state index in [2.05, 4.69) is 5.32 Å². The van der Waals surface area contributed by atoms with Crippen molar-refractivity contribution in [2.75, 3.05) is 25.1 Å². The van der Waals surface area contributed by atoms with E-state index in [4.69, 9.17) is 21.1 Å². The monoisotopic (exact) mass is 629 g/mol. The molecule has 0 aliphatic rings. The molecule has 3 aromatic carbocycles. The normalized spacial score (nSPS) is 12.6. The first kappa shape index (κ1) is 33.7. The number of methoxy groups -OCH3 is 2. The minimum atomic E-state index is -4.23. The van der Waals surface area contributed by atoms with E-state index in [0.29, 0.717) is 24.3 Å². The highest BCUT2D eigenvalue weighted by Gasteiger charge is 2.34. The first-order chi connectivity index (χ1) is 20.4. The average Bonchev–Trinajstić information content (AvgIpc) is 2.99. The van der Waals surface area contributed by atoms with Gasteiger partial charge in [-0.2, -0.15) is 0 Å². The Kier molecular flexibility index (Phi) is 11.9. The molecule has 2 unspecified atom stereocenters. The lowest BCUT2D eigenvalue weighted by Gasteiger charge is -2.34. The molecule has 0 bridgehead atoms. The molecule has 3 aromatic rings. The smallest absolute Gasteiger partial charge is 0.264 e. The number of amides is 2. The van der Waals surface area contributed by atoms with Crippen LogP contribution in [0.4, 0.5) is 5.69 Å². The molecule has 2 amide bonds. The van der Waals surface area contributed by atoms with Crippen molar-refractivity contribution < 1.29 is 27.5 Å². The first-order valence-electron chi connectivity index (χ1n) is 14.1. The Labute approximate surface area is 259 Å². The molecule has 9 nitrogen and oxygen atoms in total. The van der Waals surface area contributed by atoms with Crippen LogP contribution in [0, 0.1) is 6.92 Å². The van der Waals surface area contributed by atoms with Gasteiger partial charge >= 0.3 is 0 Å². The van der Waals surface area contributed by atoms with Gasteiger partial charge in [-0.05, 0) is 74.7 Å². The lowest BCUT2D eigenvalue weighted by molar-refractivity contribution is -0.140. The predicted octanol–water partition coefficient (Wildman–Crippen LogP) is 5.58. The minimum Gasteiger partial charge on any atom is -0.497 e. The number of ether oxygens (including phenoxy) is 2. The van der Waals surface area contributed by atoms with Gasteiger partial charge in [-0.25, -0.2) is 8.42 Å². The molecular formula is C32H40ClN3O6S. The van der Waals surface area contributed by atoms with Crippen LogP contribution in [0.1, 0.15) is 44.7 Å². The van der Waals surface area contributed by atoms with Gasteiger partial charge in [-0.15, -0.1) is 0 Å². The molecule has 0 aliphatic carbocycles. The highest BCUT2D eigenvalue weighted by molar-refractivity contribution is 7.92. The average molecular weight is 630 g/mol. The van der Waals surface area contributed by atoms with Crippen LogP contribution < -0.4 is 19.1 Å². The fourth-order valence-electron chi connectivity index (χ4n) is 4.50. The van der Waals surface area contributed by atoms with Gasteiger partial charge in [0.15, 0.2) is 0 Å². The molecule has 0 saturated carbocycles. The lowest BCUT2D eigenvalue weighted by Crippen LogP contribution is -2.53. The van der Waals surface area contributed by atoms with Crippen molar-refractivity contribution in [3.63, 3.8) is 0 Å². The summed E-state index contributed by atoms with van der Waals surface area (Å²) >= 11 is 6.40. The Morgan fingerprint density at radius 3 is 2.23 bits per heavy atom. The number of nitrogens with zero attached hydrogens (tertiary/aromatic N) is 2. The highest BCUT2D eigenvalue weighted by Crippen LogP contribution is 2.32. The Bertz CT molecular complexity index is 1510. The number of sulfonamides is 1. The van der Waals surface area contributed by atoms with Crippen molar-refractivity contribution in [3.05, 3.63) is 82.9 Å². The molecule has 11 heteroatoms. The fraction of sp³-hybridized carbons (Fsp3) is 0.375. The zero-order chi connectivity index (χ0) is 31.7. The number of aryl methyl sites for hydroxylation is 1. The van der Waals surface area contributed by atoms with Gasteiger partial charge in [0.2, 0.25) is 11.8 Å². The summed E-state index contributed by atoms with van der Waals surface area (Å²) in [6.07, 6.45) is 1.03. The van der Waals surface area contributed by atoms with E-state index >= 15 is 0 Å². The summed E-state index contributed by atoms with van der Waals surface area (Å²) in [5.41, 5.74) is 1.79. The van der Waals surface area contributed by atoms with Crippen molar-refractivity contribution in [3.8, 4) is 11.5 Å². The maximum atomic E-state index is 14.2. The quantitative estimate of drug-likeness (QED) is 0.250. The molecule has 0 aromatic heterocycles. The van der Waals surface area contributed by atoms with Crippen molar-refractivity contribution in [1.82, 2.24) is 10.2 Å². The summed E-state index contributed by atoms with van der Waals surface area (Å²) < 4.78 is 39.7. The Morgan fingerprint density at radius 1 is 0.953 bits per heavy atom. The second-order valence-electron chi connectivity index (χ2n) is 10.3. The Balaban J connectivity index is 2.11. The van der Waals surface area contributed by atoms with Crippen molar-refractivity contribution in [2.45, 2.75) is 64.1 Å². The van der Waals surface area contributed by atoms with Crippen LogP contribution in [-0.2, 0) is 26.2 Å². The second-order valence-corrected chi connectivity index (χ2v) is 12.5. The standard InChI is InChI=1S/C32H40ClN3O6S/c1-7-23(4)34-32(38)29(8-2)35(20-24-10-9-11-26(18-24)41-5)31(37)21-36(25-14-17-30(42-6)28(33)19-25)43(39,40)27-15-12-22(3)13-16-27/h9-19,23,29H,7-8,20-21H2,1-6H3,(H,34,38). The van der Waals surface area contributed by atoms with Gasteiger partial charge in [-0.1, -0.05) is 55.3 Å². The molecule has 0 aliphatic heterocycles. The van der Waals surface area contributed by atoms with Crippen LogP contribution in [0.5, 0.6) is 11.5 Å². The van der Waals surface area contributed by atoms with E-state index < -0.39 is 28.5 Å². The molecule has 0 spiro atoms. The van der Waals surface area contributed by atoms with E-state index in [1.165, 1.54) is 36.3 Å². The molecular weight excluding hydrogens is 590 g/mol. The van der Waals surface area contributed by atoms with Gasteiger partial charge < -0.3 is 19.7 Å². The topological polar surface area (TPSA) is 105 Å². The number of carbonyl (C=O) groups excluding carboxylic acids is 2. The number of halogens is 1. The molecule has 1 N–H and O–H groups in total. The second kappa shape index (κ2) is 15.1. The first-order valence-corrected chi connectivity index (χ1v) is 15.9. The number of benzene rings is 3. The van der Waals surface area contributed by atoms with E-state index in [1.54, 1.807) is 43.5 Å². The Hall–Kier alpha value is -3.76. The van der Waals surface area contributed by atoms with Crippen molar-refractivity contribution in [1.29, 1.82) is 0 Å². The van der Waals surface area contributed by atoms with E-state index in [-0.39, 0.29) is 34.1 Å². The predicted molar refractivity (Wildman–Crippen MR) is 169 cm³/mol. The number of carbonyl (C=O) groups is 2. The number of anilines is 1. The van der Waals surface area contributed by atoms with Crippen LogP contribution in [-0.4, -0.2) is 58.0 Å². The van der Waals surface area contributed by atoms with Gasteiger partial charge in [0.05, 0.1) is 29.8 Å². The molecule has 232 valence electrons. The molecule has 3 rings (SSSR count). The third-order valence-corrected chi connectivity index (χ3v) is 9.27. The zero-order valence-corrected chi connectivity index (χ0v) is 27.0. The maximum absolute atomic E-state index is 14.2. The van der Waals surface area contributed by atoms with Crippen LogP contribution >= 0.6 is 11.6 Å². The van der Waals surface area contributed by atoms with Gasteiger partial charge in [0, 0.05) is 12.6 Å². The van der Waals surface area contributed by atoms with Crippen LogP contribution in [0.25, 0.3) is 0 Å². The summed E-state index contributed by atoms with van der Waals surface area (Å²) in [6, 6.07) is 17.1. The number of nitrogens with one attached hydrogen (secondary N) is 1. The summed E-state index contributed by atoms with van der Waals surface area (Å²) in [7, 11) is -1.23. The summed E-state index contributed by atoms with van der Waals surface area (Å²) in [6.45, 7) is 7.00. The summed E-state index contributed by atoms with van der Waals surface area (Å²) in [4.78, 5) is 29.1. The summed E-state index contributed by atoms with van der Waals surface area (Å²) in [5.74, 6) is 0.0837. The lowest BCUT2D eigenvalue weighted by atomic mass is 10.1. The third-order valence-electron chi connectivity index (χ3n) is 7.19. The van der Waals surface area contributed by atoms with Crippen LogP contribution in [0.15, 0.2) is 71.6 Å². The molecule has 2 atom stereocenters. The molecule has 0 heterocycles. The SMILES string of the molecule is CCC(C)NC(=O)C(CC)N(Cc1cccc(OC)c1)C(=O)CN(c1ccc(OC)c(Cl)c1)S(=O)(=O)c1ccc(C)cc1. The number of hydrogen-bond donors (Lipinski definition) is 1. The van der Waals surface area contributed by atoms with Crippen LogP contribution in [0.2, 0.25) is 5.02 Å². The number of rotatable bonds is 14. The van der Waals surface area contributed by atoms with E-state index in [1.807, 2.05) is 33.8 Å².